The van der Waals surface area contributed by atoms with Gasteiger partial charge in [-0.1, -0.05) is 0 Å². The topological polar surface area (TPSA) is 73.3 Å². The lowest BCUT2D eigenvalue weighted by molar-refractivity contribution is -0.137. The van der Waals surface area contributed by atoms with E-state index >= 15 is 0 Å². The Bertz CT molecular complexity index is 365. The van der Waals surface area contributed by atoms with E-state index in [4.69, 9.17) is 9.84 Å². The summed E-state index contributed by atoms with van der Waals surface area (Å²) < 4.78 is 5.08. The van der Waals surface area contributed by atoms with Gasteiger partial charge in [0, 0.05) is 52.4 Å². The summed E-state index contributed by atoms with van der Waals surface area (Å²) in [6.07, 6.45) is 2.35. The van der Waals surface area contributed by atoms with Crippen molar-refractivity contribution in [2.75, 3.05) is 53.0 Å². The number of carboxylic acid groups (broad SMARTS) is 1. The number of rotatable bonds is 7. The van der Waals surface area contributed by atoms with Crippen LogP contribution < -0.4 is 0 Å². The van der Waals surface area contributed by atoms with E-state index in [1.54, 1.807) is 7.11 Å². The van der Waals surface area contributed by atoms with Crippen molar-refractivity contribution in [3.05, 3.63) is 0 Å². The molecule has 1 heterocycles. The normalized spacial score (nSPS) is 19.6. The lowest BCUT2D eigenvalue weighted by Crippen LogP contribution is -2.54. The van der Waals surface area contributed by atoms with Gasteiger partial charge in [-0.25, -0.2) is 4.79 Å². The van der Waals surface area contributed by atoms with Crippen LogP contribution in [-0.2, 0) is 9.53 Å². The van der Waals surface area contributed by atoms with Crippen LogP contribution in [0.1, 0.15) is 19.3 Å². The van der Waals surface area contributed by atoms with E-state index in [-0.39, 0.29) is 12.5 Å². The Balaban J connectivity index is 1.77. The van der Waals surface area contributed by atoms with Gasteiger partial charge in [0.1, 0.15) is 0 Å². The summed E-state index contributed by atoms with van der Waals surface area (Å²) in [4.78, 5) is 29.0. The number of aliphatic carboxylic acids is 1. The summed E-state index contributed by atoms with van der Waals surface area (Å²) in [7, 11) is 1.65. The molecule has 21 heavy (non-hydrogen) atoms. The van der Waals surface area contributed by atoms with Gasteiger partial charge < -0.3 is 19.6 Å². The fourth-order valence-corrected chi connectivity index (χ4v) is 2.61. The number of piperazine rings is 1. The van der Waals surface area contributed by atoms with Crippen molar-refractivity contribution in [1.82, 2.24) is 14.7 Å². The number of nitrogens with zero attached hydrogens (tertiary/aromatic N) is 3. The summed E-state index contributed by atoms with van der Waals surface area (Å²) >= 11 is 0. The fraction of sp³-hybridized carbons (Fsp3) is 0.857. The minimum absolute atomic E-state index is 0.104. The molecule has 1 saturated heterocycles. The highest BCUT2D eigenvalue weighted by molar-refractivity contribution is 5.75. The molecule has 120 valence electrons. The maximum Gasteiger partial charge on any atom is 0.320 e. The standard InChI is InChI=1S/C14H25N3O4/c1-21-11-10-17(12-2-3-12)14(20)16-8-6-15(7-9-16)5-4-13(18)19/h12H,2-11H2,1H3,(H,18,19). The van der Waals surface area contributed by atoms with Crippen LogP contribution in [0, 0.1) is 0 Å². The highest BCUT2D eigenvalue weighted by Crippen LogP contribution is 2.27. The minimum Gasteiger partial charge on any atom is -0.481 e. The highest BCUT2D eigenvalue weighted by Gasteiger charge is 2.35. The summed E-state index contributed by atoms with van der Waals surface area (Å²) in [5.41, 5.74) is 0. The van der Waals surface area contributed by atoms with E-state index in [0.717, 1.165) is 25.9 Å². The first kappa shape index (κ1) is 16.0. The summed E-state index contributed by atoms with van der Waals surface area (Å²) in [6.45, 7) is 4.64. The zero-order valence-electron chi connectivity index (χ0n) is 12.7. The molecular formula is C14H25N3O4. The Morgan fingerprint density at radius 2 is 1.90 bits per heavy atom. The third kappa shape index (κ3) is 4.86. The molecule has 1 saturated carbocycles. The van der Waals surface area contributed by atoms with Crippen LogP contribution in [0.2, 0.25) is 0 Å². The number of ether oxygens (including phenoxy) is 1. The van der Waals surface area contributed by atoms with E-state index in [9.17, 15) is 9.59 Å². The molecule has 1 N–H and O–H groups in total. The Morgan fingerprint density at radius 3 is 2.43 bits per heavy atom. The first-order chi connectivity index (χ1) is 10.1. The minimum atomic E-state index is -0.770. The smallest absolute Gasteiger partial charge is 0.320 e. The molecule has 2 rings (SSSR count). The van der Waals surface area contributed by atoms with Gasteiger partial charge in [-0.15, -0.1) is 0 Å². The van der Waals surface area contributed by atoms with Gasteiger partial charge in [0.25, 0.3) is 0 Å². The molecule has 0 aromatic heterocycles. The zero-order chi connectivity index (χ0) is 15.2. The van der Waals surface area contributed by atoms with E-state index in [1.807, 2.05) is 9.80 Å². The van der Waals surface area contributed by atoms with Crippen molar-refractivity contribution in [3.63, 3.8) is 0 Å². The van der Waals surface area contributed by atoms with Crippen molar-refractivity contribution in [2.24, 2.45) is 0 Å². The number of urea groups is 1. The van der Waals surface area contributed by atoms with E-state index in [2.05, 4.69) is 4.90 Å². The molecule has 0 radical (unpaired) electrons. The van der Waals surface area contributed by atoms with Crippen molar-refractivity contribution < 1.29 is 19.4 Å². The quantitative estimate of drug-likeness (QED) is 0.732. The molecular weight excluding hydrogens is 274 g/mol. The Morgan fingerprint density at radius 1 is 1.24 bits per heavy atom. The first-order valence-corrected chi connectivity index (χ1v) is 7.60. The molecule has 1 aliphatic carbocycles. The van der Waals surface area contributed by atoms with Crippen molar-refractivity contribution in [1.29, 1.82) is 0 Å². The van der Waals surface area contributed by atoms with Gasteiger partial charge >= 0.3 is 12.0 Å². The van der Waals surface area contributed by atoms with Crippen LogP contribution in [0.5, 0.6) is 0 Å². The van der Waals surface area contributed by atoms with E-state index in [0.29, 0.717) is 38.8 Å². The molecule has 0 aromatic carbocycles. The van der Waals surface area contributed by atoms with Crippen LogP contribution in [-0.4, -0.2) is 90.8 Å². The monoisotopic (exact) mass is 299 g/mol. The molecule has 2 aliphatic rings. The van der Waals surface area contributed by atoms with Crippen LogP contribution in [0.3, 0.4) is 0 Å². The van der Waals surface area contributed by atoms with Crippen molar-refractivity contribution in [3.8, 4) is 0 Å². The SMILES string of the molecule is COCCN(C(=O)N1CCN(CCC(=O)O)CC1)C1CC1. The first-order valence-electron chi connectivity index (χ1n) is 7.60. The summed E-state index contributed by atoms with van der Waals surface area (Å²) in [6, 6.07) is 0.491. The number of carbonyl (C=O) groups is 2. The number of carboxylic acids is 1. The number of carbonyl (C=O) groups excluding carboxylic acids is 1. The van der Waals surface area contributed by atoms with Gasteiger partial charge in [0.05, 0.1) is 13.0 Å². The van der Waals surface area contributed by atoms with E-state index in [1.165, 1.54) is 0 Å². The van der Waals surface area contributed by atoms with Crippen LogP contribution in [0.4, 0.5) is 4.79 Å². The fourth-order valence-electron chi connectivity index (χ4n) is 2.61. The molecule has 0 unspecified atom stereocenters. The molecule has 0 bridgehead atoms. The number of amides is 2. The summed E-state index contributed by atoms with van der Waals surface area (Å²) in [5.74, 6) is -0.770. The molecule has 0 aromatic rings. The highest BCUT2D eigenvalue weighted by atomic mass is 16.5. The molecule has 0 spiro atoms. The average molecular weight is 299 g/mol. The van der Waals surface area contributed by atoms with Crippen LogP contribution >= 0.6 is 0 Å². The van der Waals surface area contributed by atoms with Crippen molar-refractivity contribution in [2.45, 2.75) is 25.3 Å². The van der Waals surface area contributed by atoms with Gasteiger partial charge in [-0.05, 0) is 12.8 Å². The predicted octanol–water partition coefficient (Wildman–Crippen LogP) is 0.310. The van der Waals surface area contributed by atoms with Crippen LogP contribution in [0.25, 0.3) is 0 Å². The molecule has 0 atom stereocenters. The number of hydrogen-bond acceptors (Lipinski definition) is 4. The second-order valence-corrected chi connectivity index (χ2v) is 5.67. The summed E-state index contributed by atoms with van der Waals surface area (Å²) in [5, 5.41) is 8.70. The third-order valence-electron chi connectivity index (χ3n) is 4.05. The number of hydrogen-bond donors (Lipinski definition) is 1. The maximum absolute atomic E-state index is 12.5. The molecule has 2 amide bonds. The number of methoxy groups -OCH3 is 1. The molecule has 1 aliphatic heterocycles. The van der Waals surface area contributed by atoms with Crippen LogP contribution in [0.15, 0.2) is 0 Å². The molecule has 7 heteroatoms. The Hall–Kier alpha value is -1.34. The lowest BCUT2D eigenvalue weighted by atomic mass is 10.3. The van der Waals surface area contributed by atoms with Gasteiger partial charge in [0.15, 0.2) is 0 Å². The van der Waals surface area contributed by atoms with Gasteiger partial charge in [-0.2, -0.15) is 0 Å². The zero-order valence-corrected chi connectivity index (χ0v) is 12.7. The largest absolute Gasteiger partial charge is 0.481 e. The third-order valence-corrected chi connectivity index (χ3v) is 4.05. The Kier molecular flexibility index (Phi) is 5.81. The van der Waals surface area contributed by atoms with Gasteiger partial charge in [-0.3, -0.25) is 9.69 Å². The Labute approximate surface area is 125 Å². The molecule has 7 nitrogen and oxygen atoms in total. The maximum atomic E-state index is 12.5. The van der Waals surface area contributed by atoms with Crippen molar-refractivity contribution >= 4 is 12.0 Å². The van der Waals surface area contributed by atoms with E-state index < -0.39 is 5.97 Å². The second-order valence-electron chi connectivity index (χ2n) is 5.67. The predicted molar refractivity (Wildman–Crippen MR) is 77.3 cm³/mol. The molecule has 2 fully saturated rings. The average Bonchev–Trinajstić information content (AvgIpc) is 3.30. The second kappa shape index (κ2) is 7.61. The lowest BCUT2D eigenvalue weighted by Gasteiger charge is -2.37. The van der Waals surface area contributed by atoms with Gasteiger partial charge in [0.2, 0.25) is 0 Å².